The lowest BCUT2D eigenvalue weighted by molar-refractivity contribution is 0.431. The SMILES string of the molecule is CCC(CC)CC(c1ncn(C(c2ccccc2)(c2ccccc2)c2ccccc2)n1)S(C)=O. The monoisotopic (exact) mass is 471 g/mol. The topological polar surface area (TPSA) is 47.8 Å². The van der Waals surface area contributed by atoms with Crippen LogP contribution in [0.5, 0.6) is 0 Å². The predicted octanol–water partition coefficient (Wildman–Crippen LogP) is 6.36. The first-order valence-corrected chi connectivity index (χ1v) is 13.6. The Morgan fingerprint density at radius 2 is 1.24 bits per heavy atom. The van der Waals surface area contributed by atoms with Gasteiger partial charge < -0.3 is 0 Å². The van der Waals surface area contributed by atoms with E-state index in [1.165, 1.54) is 0 Å². The summed E-state index contributed by atoms with van der Waals surface area (Å²) in [6, 6.07) is 31.3. The standard InChI is InChI=1S/C29H33N3OS/c1-4-23(5-2)21-27(34(3)33)28-30-22-32(31-28)29(24-15-9-6-10-16-24,25-17-11-7-12-18-25)26-19-13-8-14-20-26/h6-20,22-23,27H,4-5,21H2,1-3H3. The molecule has 1 aromatic heterocycles. The quantitative estimate of drug-likeness (QED) is 0.253. The molecule has 0 radical (unpaired) electrons. The van der Waals surface area contributed by atoms with Gasteiger partial charge in [0, 0.05) is 17.1 Å². The van der Waals surface area contributed by atoms with Gasteiger partial charge in [-0.2, -0.15) is 5.10 Å². The third-order valence-electron chi connectivity index (χ3n) is 6.82. The van der Waals surface area contributed by atoms with Crippen LogP contribution in [-0.4, -0.2) is 25.2 Å². The second kappa shape index (κ2) is 10.9. The highest BCUT2D eigenvalue weighted by molar-refractivity contribution is 7.84. The summed E-state index contributed by atoms with van der Waals surface area (Å²) in [4.78, 5) is 4.76. The van der Waals surface area contributed by atoms with Crippen LogP contribution in [0.4, 0.5) is 0 Å². The minimum Gasteiger partial charge on any atom is -0.259 e. The van der Waals surface area contributed by atoms with Crippen LogP contribution in [0.25, 0.3) is 0 Å². The number of rotatable bonds is 10. The molecule has 4 rings (SSSR count). The van der Waals surface area contributed by atoms with Crippen molar-refractivity contribution in [1.29, 1.82) is 0 Å². The van der Waals surface area contributed by atoms with Gasteiger partial charge in [-0.05, 0) is 29.0 Å². The fraction of sp³-hybridized carbons (Fsp3) is 0.310. The fourth-order valence-electron chi connectivity index (χ4n) is 4.83. The zero-order valence-corrected chi connectivity index (χ0v) is 21.0. The van der Waals surface area contributed by atoms with Crippen molar-refractivity contribution in [2.24, 2.45) is 5.92 Å². The van der Waals surface area contributed by atoms with Gasteiger partial charge in [0.15, 0.2) is 5.82 Å². The third kappa shape index (κ3) is 4.62. The molecule has 0 bridgehead atoms. The van der Waals surface area contributed by atoms with E-state index in [9.17, 15) is 4.21 Å². The molecule has 4 nitrogen and oxygen atoms in total. The molecule has 0 fully saturated rings. The maximum Gasteiger partial charge on any atom is 0.166 e. The van der Waals surface area contributed by atoms with E-state index in [1.54, 1.807) is 6.26 Å². The molecule has 34 heavy (non-hydrogen) atoms. The van der Waals surface area contributed by atoms with E-state index in [0.717, 1.165) is 36.0 Å². The zero-order valence-electron chi connectivity index (χ0n) is 20.2. The molecular formula is C29H33N3OS. The Morgan fingerprint density at radius 1 is 0.794 bits per heavy atom. The molecule has 0 amide bonds. The third-order valence-corrected chi connectivity index (χ3v) is 8.02. The van der Waals surface area contributed by atoms with Gasteiger partial charge in [-0.15, -0.1) is 0 Å². The fourth-order valence-corrected chi connectivity index (χ4v) is 5.78. The van der Waals surface area contributed by atoms with Crippen molar-refractivity contribution in [2.75, 3.05) is 6.26 Å². The Labute approximate surface area is 205 Å². The molecule has 0 saturated heterocycles. The summed E-state index contributed by atoms with van der Waals surface area (Å²) in [7, 11) is -1.06. The van der Waals surface area contributed by atoms with Crippen LogP contribution in [-0.2, 0) is 16.3 Å². The highest BCUT2D eigenvalue weighted by atomic mass is 32.2. The van der Waals surface area contributed by atoms with Crippen molar-refractivity contribution in [3.63, 3.8) is 0 Å². The molecular weight excluding hydrogens is 438 g/mol. The molecule has 0 spiro atoms. The van der Waals surface area contributed by atoms with Crippen LogP contribution >= 0.6 is 0 Å². The number of hydrogen-bond donors (Lipinski definition) is 0. The second-order valence-corrected chi connectivity index (χ2v) is 10.3. The number of nitrogens with zero attached hydrogens (tertiary/aromatic N) is 3. The lowest BCUT2D eigenvalue weighted by Gasteiger charge is -2.36. The van der Waals surface area contributed by atoms with E-state index in [4.69, 9.17) is 10.1 Å². The molecule has 0 aliphatic heterocycles. The molecule has 2 unspecified atom stereocenters. The normalized spacial score (nSPS) is 13.6. The molecule has 0 aliphatic rings. The van der Waals surface area contributed by atoms with Gasteiger partial charge in [-0.25, -0.2) is 9.67 Å². The van der Waals surface area contributed by atoms with Crippen molar-refractivity contribution in [1.82, 2.24) is 14.8 Å². The molecule has 4 aromatic rings. The van der Waals surface area contributed by atoms with Crippen molar-refractivity contribution in [2.45, 2.75) is 43.9 Å². The number of benzene rings is 3. The van der Waals surface area contributed by atoms with Gasteiger partial charge in [0.05, 0.1) is 5.25 Å². The Morgan fingerprint density at radius 3 is 1.62 bits per heavy atom. The van der Waals surface area contributed by atoms with E-state index < -0.39 is 16.3 Å². The molecule has 2 atom stereocenters. The van der Waals surface area contributed by atoms with Gasteiger partial charge in [0.25, 0.3) is 0 Å². The highest BCUT2D eigenvalue weighted by Gasteiger charge is 2.40. The van der Waals surface area contributed by atoms with Gasteiger partial charge in [-0.3, -0.25) is 4.21 Å². The van der Waals surface area contributed by atoms with Crippen molar-refractivity contribution < 1.29 is 4.21 Å². The van der Waals surface area contributed by atoms with E-state index in [0.29, 0.717) is 11.7 Å². The van der Waals surface area contributed by atoms with Crippen LogP contribution < -0.4 is 0 Å². The molecule has 3 aromatic carbocycles. The largest absolute Gasteiger partial charge is 0.259 e. The highest BCUT2D eigenvalue weighted by Crippen LogP contribution is 2.40. The minimum atomic E-state index is -1.06. The minimum absolute atomic E-state index is 0.189. The van der Waals surface area contributed by atoms with Crippen molar-refractivity contribution in [3.8, 4) is 0 Å². The van der Waals surface area contributed by atoms with Gasteiger partial charge in [0.2, 0.25) is 0 Å². The van der Waals surface area contributed by atoms with Gasteiger partial charge in [0.1, 0.15) is 11.9 Å². The molecule has 0 saturated carbocycles. The summed E-state index contributed by atoms with van der Waals surface area (Å²) in [6.45, 7) is 4.39. The van der Waals surface area contributed by atoms with E-state index >= 15 is 0 Å². The zero-order chi connectivity index (χ0) is 24.0. The van der Waals surface area contributed by atoms with Crippen molar-refractivity contribution >= 4 is 10.8 Å². The molecule has 1 heterocycles. The lowest BCUT2D eigenvalue weighted by atomic mass is 9.77. The molecule has 176 valence electrons. The van der Waals surface area contributed by atoms with E-state index in [-0.39, 0.29) is 5.25 Å². The maximum absolute atomic E-state index is 12.8. The Kier molecular flexibility index (Phi) is 7.73. The summed E-state index contributed by atoms with van der Waals surface area (Å²) >= 11 is 0. The van der Waals surface area contributed by atoms with Crippen LogP contribution in [0, 0.1) is 5.92 Å². The first kappa shape index (κ1) is 24.1. The van der Waals surface area contributed by atoms with Crippen LogP contribution in [0.3, 0.4) is 0 Å². The lowest BCUT2D eigenvalue weighted by Crippen LogP contribution is -2.38. The van der Waals surface area contributed by atoms with Crippen LogP contribution in [0.2, 0.25) is 0 Å². The summed E-state index contributed by atoms with van der Waals surface area (Å²) in [5, 5.41) is 4.88. The van der Waals surface area contributed by atoms with Gasteiger partial charge in [-0.1, -0.05) is 118 Å². The number of aromatic nitrogens is 3. The smallest absolute Gasteiger partial charge is 0.166 e. The maximum atomic E-state index is 12.8. The Bertz CT molecular complexity index is 1090. The van der Waals surface area contributed by atoms with E-state index in [1.807, 2.05) is 29.2 Å². The first-order chi connectivity index (χ1) is 16.6. The summed E-state index contributed by atoms with van der Waals surface area (Å²) in [6.07, 6.45) is 6.54. The summed E-state index contributed by atoms with van der Waals surface area (Å²) in [5.74, 6) is 1.16. The average Bonchev–Trinajstić information content (AvgIpc) is 3.37. The molecule has 0 aliphatic carbocycles. The Hall–Kier alpha value is -3.05. The first-order valence-electron chi connectivity index (χ1n) is 12.0. The molecule has 0 N–H and O–H groups in total. The summed E-state index contributed by atoms with van der Waals surface area (Å²) in [5.41, 5.74) is 2.58. The summed E-state index contributed by atoms with van der Waals surface area (Å²) < 4.78 is 14.8. The van der Waals surface area contributed by atoms with Crippen molar-refractivity contribution in [3.05, 3.63) is 120 Å². The Balaban J connectivity index is 1.94. The van der Waals surface area contributed by atoms with E-state index in [2.05, 4.69) is 86.6 Å². The van der Waals surface area contributed by atoms with Gasteiger partial charge >= 0.3 is 0 Å². The van der Waals surface area contributed by atoms with Crippen LogP contribution in [0.15, 0.2) is 97.3 Å². The predicted molar refractivity (Wildman–Crippen MR) is 140 cm³/mol. The number of hydrogen-bond acceptors (Lipinski definition) is 3. The van der Waals surface area contributed by atoms with Crippen LogP contribution in [0.1, 0.15) is 60.9 Å². The molecule has 5 heteroatoms. The second-order valence-electron chi connectivity index (χ2n) is 8.76. The average molecular weight is 472 g/mol.